The molecule has 0 aliphatic heterocycles. The molecule has 6 nitrogen and oxygen atoms in total. The molecule has 0 aliphatic rings. The van der Waals surface area contributed by atoms with Crippen molar-refractivity contribution in [2.24, 2.45) is 0 Å². The molecular weight excluding hydrogens is 421 g/mol. The van der Waals surface area contributed by atoms with Crippen molar-refractivity contribution in [3.8, 4) is 11.4 Å². The van der Waals surface area contributed by atoms with Crippen LogP contribution in [0.2, 0.25) is 0 Å². The average Bonchev–Trinajstić information content (AvgIpc) is 3.24. The van der Waals surface area contributed by atoms with Crippen LogP contribution < -0.4 is 5.32 Å². The number of fused-ring (bicyclic) bond motifs is 1. The molecule has 0 bridgehead atoms. The van der Waals surface area contributed by atoms with E-state index in [9.17, 15) is 9.18 Å². The Morgan fingerprint density at radius 3 is 3.04 bits per heavy atom. The Morgan fingerprint density at radius 2 is 2.23 bits per heavy atom. The lowest BCUT2D eigenvalue weighted by Gasteiger charge is -2.07. The van der Waals surface area contributed by atoms with Crippen molar-refractivity contribution in [2.75, 3.05) is 5.32 Å². The van der Waals surface area contributed by atoms with Gasteiger partial charge in [-0.25, -0.2) is 9.37 Å². The number of benzene rings is 1. The van der Waals surface area contributed by atoms with E-state index in [2.05, 4.69) is 41.4 Å². The maximum absolute atomic E-state index is 13.3. The third-order valence-corrected chi connectivity index (χ3v) is 5.57. The molecule has 0 atom stereocenters. The number of aromatic nitrogens is 4. The number of amides is 1. The number of nitrogens with zero attached hydrogens (tertiary/aromatic N) is 3. The van der Waals surface area contributed by atoms with Gasteiger partial charge in [0.1, 0.15) is 17.1 Å². The summed E-state index contributed by atoms with van der Waals surface area (Å²) in [6.07, 6.45) is 2.76. The maximum atomic E-state index is 13.3. The minimum atomic E-state index is -0.404. The molecule has 9 heteroatoms. The number of rotatable bonds is 4. The fourth-order valence-electron chi connectivity index (χ4n) is 2.65. The summed E-state index contributed by atoms with van der Waals surface area (Å²) in [7, 11) is 0. The van der Waals surface area contributed by atoms with Gasteiger partial charge in [-0.3, -0.25) is 14.9 Å². The number of nitrogens with one attached hydrogen (secondary N) is 2. The largest absolute Gasteiger partial charge is 0.317 e. The van der Waals surface area contributed by atoms with Crippen LogP contribution in [0, 0.1) is 5.82 Å². The third kappa shape index (κ3) is 3.23. The molecule has 0 spiro atoms. The second kappa shape index (κ2) is 6.93. The number of para-hydroxylation sites is 1. The summed E-state index contributed by atoms with van der Waals surface area (Å²) in [5, 5.41) is 12.8. The van der Waals surface area contributed by atoms with E-state index in [1.165, 1.54) is 23.7 Å². The van der Waals surface area contributed by atoms with Crippen LogP contribution in [-0.4, -0.2) is 26.1 Å². The Kier molecular flexibility index (Phi) is 4.48. The minimum absolute atomic E-state index is 0.124. The average molecular weight is 432 g/mol. The molecule has 130 valence electrons. The molecule has 3 heterocycles. The van der Waals surface area contributed by atoms with Gasteiger partial charge >= 0.3 is 0 Å². The van der Waals surface area contributed by atoms with E-state index in [-0.39, 0.29) is 12.3 Å². The lowest BCUT2D eigenvalue weighted by atomic mass is 10.1. The van der Waals surface area contributed by atoms with Crippen molar-refractivity contribution >= 4 is 49.1 Å². The summed E-state index contributed by atoms with van der Waals surface area (Å²) in [6.45, 7) is 0. The van der Waals surface area contributed by atoms with Gasteiger partial charge in [-0.05, 0) is 27.6 Å². The summed E-state index contributed by atoms with van der Waals surface area (Å²) < 4.78 is 14.1. The molecule has 4 aromatic rings. The molecule has 1 aromatic carbocycles. The number of halogens is 2. The molecule has 0 saturated carbocycles. The topological polar surface area (TPSA) is 83.6 Å². The first-order chi connectivity index (χ1) is 12.6. The van der Waals surface area contributed by atoms with Crippen LogP contribution in [0.25, 0.3) is 22.3 Å². The van der Waals surface area contributed by atoms with Crippen LogP contribution in [0.3, 0.4) is 0 Å². The standard InChI is InChI=1S/C17H11BrFN5OS/c18-12-7-26-17(14(12)16-21-8-22-24-16)23-13(25)5-10-3-1-2-9-4-11(19)6-20-15(9)10/h1-4,6-8H,5H2,(H,23,25)(H,21,22,24). The van der Waals surface area contributed by atoms with Crippen LogP contribution in [0.4, 0.5) is 9.39 Å². The molecule has 0 radical (unpaired) electrons. The summed E-state index contributed by atoms with van der Waals surface area (Å²) in [5.41, 5.74) is 2.07. The van der Waals surface area contributed by atoms with E-state index < -0.39 is 5.82 Å². The Labute approximate surface area is 159 Å². The van der Waals surface area contributed by atoms with Gasteiger partial charge in [0.15, 0.2) is 5.82 Å². The van der Waals surface area contributed by atoms with Gasteiger partial charge < -0.3 is 5.32 Å². The molecule has 0 saturated heterocycles. The first-order valence-corrected chi connectivity index (χ1v) is 9.25. The van der Waals surface area contributed by atoms with E-state index in [1.54, 1.807) is 12.1 Å². The van der Waals surface area contributed by atoms with Gasteiger partial charge in [0, 0.05) is 15.2 Å². The number of carbonyl (C=O) groups is 1. The van der Waals surface area contributed by atoms with E-state index in [0.29, 0.717) is 21.7 Å². The first-order valence-electron chi connectivity index (χ1n) is 7.58. The molecular formula is C17H11BrFN5OS. The van der Waals surface area contributed by atoms with Gasteiger partial charge in [0.25, 0.3) is 0 Å². The summed E-state index contributed by atoms with van der Waals surface area (Å²) >= 11 is 4.84. The zero-order chi connectivity index (χ0) is 18.1. The van der Waals surface area contributed by atoms with E-state index >= 15 is 0 Å². The maximum Gasteiger partial charge on any atom is 0.229 e. The number of thiophene rings is 1. The van der Waals surface area contributed by atoms with Gasteiger partial charge in [0.2, 0.25) is 5.91 Å². The summed E-state index contributed by atoms with van der Waals surface area (Å²) in [4.78, 5) is 20.8. The second-order valence-electron chi connectivity index (χ2n) is 5.48. The van der Waals surface area contributed by atoms with Crippen LogP contribution >= 0.6 is 27.3 Å². The van der Waals surface area contributed by atoms with Crippen LogP contribution in [0.15, 0.2) is 46.6 Å². The first kappa shape index (κ1) is 16.8. The van der Waals surface area contributed by atoms with Gasteiger partial charge in [-0.1, -0.05) is 18.2 Å². The zero-order valence-electron chi connectivity index (χ0n) is 13.2. The molecule has 0 unspecified atom stereocenters. The molecule has 0 aliphatic carbocycles. The van der Waals surface area contributed by atoms with Crippen LogP contribution in [0.5, 0.6) is 0 Å². The van der Waals surface area contributed by atoms with Crippen molar-refractivity contribution in [3.63, 3.8) is 0 Å². The van der Waals surface area contributed by atoms with Crippen LogP contribution in [-0.2, 0) is 11.2 Å². The van der Waals surface area contributed by atoms with Gasteiger partial charge in [0.05, 0.1) is 23.7 Å². The Hall–Kier alpha value is -2.65. The number of hydrogen-bond acceptors (Lipinski definition) is 5. The predicted molar refractivity (Wildman–Crippen MR) is 101 cm³/mol. The predicted octanol–water partition coefficient (Wildman–Crippen LogP) is 4.16. The number of anilines is 1. The van der Waals surface area contributed by atoms with Crippen LogP contribution in [0.1, 0.15) is 5.56 Å². The van der Waals surface area contributed by atoms with Gasteiger partial charge in [-0.15, -0.1) is 11.3 Å². The molecule has 2 N–H and O–H groups in total. The van der Waals surface area contributed by atoms with Crippen molar-refractivity contribution in [2.45, 2.75) is 6.42 Å². The highest BCUT2D eigenvalue weighted by Crippen LogP contribution is 2.38. The highest BCUT2D eigenvalue weighted by atomic mass is 79.9. The highest BCUT2D eigenvalue weighted by Gasteiger charge is 2.18. The molecule has 3 aromatic heterocycles. The molecule has 26 heavy (non-hydrogen) atoms. The van der Waals surface area contributed by atoms with Crippen molar-refractivity contribution in [1.29, 1.82) is 0 Å². The number of aromatic amines is 1. The number of hydrogen-bond donors (Lipinski definition) is 2. The molecule has 1 amide bonds. The van der Waals surface area contributed by atoms with E-state index in [1.807, 2.05) is 11.4 Å². The summed E-state index contributed by atoms with van der Waals surface area (Å²) in [5.74, 6) is -0.107. The fraction of sp³-hybridized carbons (Fsp3) is 0.0588. The van der Waals surface area contributed by atoms with Crippen molar-refractivity contribution < 1.29 is 9.18 Å². The fourth-order valence-corrected chi connectivity index (χ4v) is 4.27. The number of carbonyl (C=O) groups excluding carboxylic acids is 1. The molecule has 4 rings (SSSR count). The highest BCUT2D eigenvalue weighted by molar-refractivity contribution is 9.10. The van der Waals surface area contributed by atoms with Crippen molar-refractivity contribution in [3.05, 3.63) is 58.0 Å². The lowest BCUT2D eigenvalue weighted by Crippen LogP contribution is -2.14. The summed E-state index contributed by atoms with van der Waals surface area (Å²) in [6, 6.07) is 6.77. The third-order valence-electron chi connectivity index (χ3n) is 3.75. The van der Waals surface area contributed by atoms with E-state index in [4.69, 9.17) is 0 Å². The Morgan fingerprint density at radius 1 is 1.35 bits per heavy atom. The quantitative estimate of drug-likeness (QED) is 0.507. The van der Waals surface area contributed by atoms with Gasteiger partial charge in [-0.2, -0.15) is 5.10 Å². The van der Waals surface area contributed by atoms with E-state index in [0.717, 1.165) is 21.8 Å². The van der Waals surface area contributed by atoms with Crippen molar-refractivity contribution in [1.82, 2.24) is 20.2 Å². The lowest BCUT2D eigenvalue weighted by molar-refractivity contribution is -0.115. The zero-order valence-corrected chi connectivity index (χ0v) is 15.6. The second-order valence-corrected chi connectivity index (χ2v) is 7.21. The molecule has 0 fully saturated rings. The number of pyridine rings is 1. The number of H-pyrrole nitrogens is 1. The SMILES string of the molecule is O=C(Cc1cccc2cc(F)cnc12)Nc1scc(Br)c1-c1nc[nH]n1. The Balaban J connectivity index is 1.60. The normalized spacial score (nSPS) is 11.0. The Bertz CT molecular complexity index is 1100. The minimum Gasteiger partial charge on any atom is -0.317 e. The smallest absolute Gasteiger partial charge is 0.229 e. The monoisotopic (exact) mass is 431 g/mol.